The maximum Gasteiger partial charge on any atom is 0.229 e. The van der Waals surface area contributed by atoms with Crippen molar-refractivity contribution in [3.8, 4) is 0 Å². The zero-order chi connectivity index (χ0) is 9.92. The highest BCUT2D eigenvalue weighted by Gasteiger charge is 2.61. The SMILES string of the molecule is CC1(C)O[C@H]2[C@@H]3O/C(=C\Cl)[C@@H](O3)[C@H]2O1. The Labute approximate surface area is 86.7 Å². The Morgan fingerprint density at radius 3 is 2.71 bits per heavy atom. The van der Waals surface area contributed by atoms with Gasteiger partial charge in [-0.2, -0.15) is 0 Å². The summed E-state index contributed by atoms with van der Waals surface area (Å²) < 4.78 is 22.3. The predicted octanol–water partition coefficient (Wildman–Crippen LogP) is 1.34. The second kappa shape index (κ2) is 2.64. The normalized spacial score (nSPS) is 50.9. The lowest BCUT2D eigenvalue weighted by molar-refractivity contribution is -0.192. The van der Waals surface area contributed by atoms with Crippen LogP contribution >= 0.6 is 11.6 Å². The van der Waals surface area contributed by atoms with Gasteiger partial charge in [-0.15, -0.1) is 0 Å². The molecule has 5 heteroatoms. The monoisotopic (exact) mass is 218 g/mol. The Hall–Kier alpha value is -0.290. The van der Waals surface area contributed by atoms with Crippen LogP contribution in [-0.2, 0) is 18.9 Å². The minimum Gasteiger partial charge on any atom is -0.462 e. The van der Waals surface area contributed by atoms with Gasteiger partial charge in [0.1, 0.15) is 18.0 Å². The lowest BCUT2D eigenvalue weighted by Crippen LogP contribution is -2.36. The van der Waals surface area contributed by atoms with E-state index in [0.29, 0.717) is 5.76 Å². The third-order valence-corrected chi connectivity index (χ3v) is 2.87. The van der Waals surface area contributed by atoms with Crippen molar-refractivity contribution in [2.45, 2.75) is 44.2 Å². The van der Waals surface area contributed by atoms with E-state index in [1.54, 1.807) is 0 Å². The fraction of sp³-hybridized carbons (Fsp3) is 0.778. The van der Waals surface area contributed by atoms with Gasteiger partial charge >= 0.3 is 0 Å². The van der Waals surface area contributed by atoms with Gasteiger partial charge in [0.15, 0.2) is 11.9 Å². The van der Waals surface area contributed by atoms with Crippen molar-refractivity contribution in [3.05, 3.63) is 11.3 Å². The van der Waals surface area contributed by atoms with E-state index in [4.69, 9.17) is 30.5 Å². The first-order valence-electron chi connectivity index (χ1n) is 4.59. The van der Waals surface area contributed by atoms with E-state index in [-0.39, 0.29) is 24.6 Å². The molecule has 3 aliphatic rings. The van der Waals surface area contributed by atoms with E-state index in [0.717, 1.165) is 0 Å². The quantitative estimate of drug-likeness (QED) is 0.615. The Morgan fingerprint density at radius 2 is 2.00 bits per heavy atom. The molecule has 78 valence electrons. The number of fused-ring (bicyclic) bond motifs is 5. The van der Waals surface area contributed by atoms with E-state index in [2.05, 4.69) is 0 Å². The van der Waals surface area contributed by atoms with Crippen LogP contribution in [0.3, 0.4) is 0 Å². The summed E-state index contributed by atoms with van der Waals surface area (Å²) in [6.07, 6.45) is -0.787. The first-order chi connectivity index (χ1) is 6.61. The highest BCUT2D eigenvalue weighted by molar-refractivity contribution is 6.25. The molecular formula is C9H11ClO4. The fourth-order valence-corrected chi connectivity index (χ4v) is 2.35. The van der Waals surface area contributed by atoms with Gasteiger partial charge in [-0.05, 0) is 13.8 Å². The number of ether oxygens (including phenoxy) is 4. The Morgan fingerprint density at radius 1 is 1.29 bits per heavy atom. The molecule has 0 radical (unpaired) electrons. The van der Waals surface area contributed by atoms with Crippen LogP contribution in [0, 0.1) is 0 Å². The lowest BCUT2D eigenvalue weighted by atomic mass is 10.1. The fourth-order valence-electron chi connectivity index (χ4n) is 2.17. The topological polar surface area (TPSA) is 36.9 Å². The number of rotatable bonds is 0. The molecule has 3 aliphatic heterocycles. The van der Waals surface area contributed by atoms with Crippen molar-refractivity contribution in [2.75, 3.05) is 0 Å². The van der Waals surface area contributed by atoms with Gasteiger partial charge in [-0.25, -0.2) is 0 Å². The molecule has 0 saturated carbocycles. The van der Waals surface area contributed by atoms with Crippen LogP contribution in [0.25, 0.3) is 0 Å². The minimum absolute atomic E-state index is 0.0891. The zero-order valence-corrected chi connectivity index (χ0v) is 8.65. The summed E-state index contributed by atoms with van der Waals surface area (Å²) in [7, 11) is 0. The Bertz CT molecular complexity index is 301. The molecule has 14 heavy (non-hydrogen) atoms. The van der Waals surface area contributed by atoms with E-state index >= 15 is 0 Å². The van der Waals surface area contributed by atoms with Gasteiger partial charge < -0.3 is 18.9 Å². The molecule has 3 heterocycles. The van der Waals surface area contributed by atoms with E-state index in [9.17, 15) is 0 Å². The Kier molecular flexibility index (Phi) is 1.69. The average molecular weight is 219 g/mol. The predicted molar refractivity (Wildman–Crippen MR) is 47.5 cm³/mol. The maximum absolute atomic E-state index is 5.71. The lowest BCUT2D eigenvalue weighted by Gasteiger charge is -2.19. The van der Waals surface area contributed by atoms with Gasteiger partial charge in [0, 0.05) is 5.54 Å². The van der Waals surface area contributed by atoms with Gasteiger partial charge in [0.2, 0.25) is 6.29 Å². The van der Waals surface area contributed by atoms with Crippen LogP contribution in [0.4, 0.5) is 0 Å². The van der Waals surface area contributed by atoms with Gasteiger partial charge in [0.25, 0.3) is 0 Å². The molecule has 3 rings (SSSR count). The first-order valence-corrected chi connectivity index (χ1v) is 5.02. The summed E-state index contributed by atoms with van der Waals surface area (Å²) in [5.74, 6) is 0.0833. The van der Waals surface area contributed by atoms with Gasteiger partial charge in [-0.1, -0.05) is 11.6 Å². The second-order valence-electron chi connectivity index (χ2n) is 4.12. The van der Waals surface area contributed by atoms with Crippen LogP contribution in [0.2, 0.25) is 0 Å². The summed E-state index contributed by atoms with van der Waals surface area (Å²) in [4.78, 5) is 0. The maximum atomic E-state index is 5.71. The molecule has 0 aliphatic carbocycles. The van der Waals surface area contributed by atoms with Crippen molar-refractivity contribution in [1.29, 1.82) is 0 Å². The summed E-state index contributed by atoms with van der Waals surface area (Å²) in [5, 5.41) is 0. The largest absolute Gasteiger partial charge is 0.462 e. The van der Waals surface area contributed by atoms with E-state index < -0.39 is 5.79 Å². The van der Waals surface area contributed by atoms with E-state index in [1.807, 2.05) is 13.8 Å². The highest BCUT2D eigenvalue weighted by atomic mass is 35.5. The van der Waals surface area contributed by atoms with Crippen molar-refractivity contribution >= 4 is 11.6 Å². The molecule has 2 bridgehead atoms. The van der Waals surface area contributed by atoms with E-state index in [1.165, 1.54) is 5.54 Å². The molecule has 0 spiro atoms. The summed E-state index contributed by atoms with van der Waals surface area (Å²) >= 11 is 5.60. The number of halogens is 1. The summed E-state index contributed by atoms with van der Waals surface area (Å²) in [5.41, 5.74) is 1.40. The third kappa shape index (κ3) is 1.05. The van der Waals surface area contributed by atoms with Crippen LogP contribution in [0.1, 0.15) is 13.8 Å². The second-order valence-corrected chi connectivity index (χ2v) is 4.34. The highest BCUT2D eigenvalue weighted by Crippen LogP contribution is 2.46. The smallest absolute Gasteiger partial charge is 0.229 e. The standard InChI is InChI=1S/C9H11ClO4/c1-9(2)13-6-5-4(3-10)11-8(12-5)7(6)14-9/h3,5-8H,1-2H3/b4-3-/t5-,6-,7-,8-/m1/s1. The first kappa shape index (κ1) is 8.97. The molecule has 0 unspecified atom stereocenters. The number of hydrogen-bond donors (Lipinski definition) is 0. The molecule has 4 nitrogen and oxygen atoms in total. The van der Waals surface area contributed by atoms with Crippen molar-refractivity contribution in [1.82, 2.24) is 0 Å². The van der Waals surface area contributed by atoms with Crippen molar-refractivity contribution in [3.63, 3.8) is 0 Å². The van der Waals surface area contributed by atoms with Gasteiger partial charge in [0.05, 0.1) is 0 Å². The number of hydrogen-bond acceptors (Lipinski definition) is 4. The van der Waals surface area contributed by atoms with Crippen molar-refractivity contribution < 1.29 is 18.9 Å². The van der Waals surface area contributed by atoms with Crippen LogP contribution in [0.5, 0.6) is 0 Å². The Balaban J connectivity index is 1.89. The van der Waals surface area contributed by atoms with Gasteiger partial charge in [-0.3, -0.25) is 0 Å². The molecule has 0 aromatic heterocycles. The zero-order valence-electron chi connectivity index (χ0n) is 7.90. The molecule has 0 N–H and O–H groups in total. The van der Waals surface area contributed by atoms with Crippen LogP contribution < -0.4 is 0 Å². The molecule has 3 fully saturated rings. The van der Waals surface area contributed by atoms with Crippen molar-refractivity contribution in [2.24, 2.45) is 0 Å². The molecule has 0 aromatic carbocycles. The summed E-state index contributed by atoms with van der Waals surface area (Å²) in [6.45, 7) is 3.77. The molecule has 0 amide bonds. The molecule has 4 atom stereocenters. The molecule has 0 aromatic rings. The molecular weight excluding hydrogens is 208 g/mol. The third-order valence-electron chi connectivity index (χ3n) is 2.65. The molecule has 3 saturated heterocycles. The average Bonchev–Trinajstić information content (AvgIpc) is 2.70. The summed E-state index contributed by atoms with van der Waals surface area (Å²) in [6, 6.07) is 0. The minimum atomic E-state index is -0.555. The van der Waals surface area contributed by atoms with Crippen LogP contribution in [0.15, 0.2) is 11.3 Å². The van der Waals surface area contributed by atoms with Crippen LogP contribution in [-0.4, -0.2) is 30.4 Å².